The SMILES string of the molecule is Cc1ccc(NC(=O)NCCC2CCCCO2)nc1. The molecule has 1 aromatic heterocycles. The van der Waals surface area contributed by atoms with Crippen molar-refractivity contribution in [1.29, 1.82) is 0 Å². The fraction of sp³-hybridized carbons (Fsp3) is 0.571. The molecule has 19 heavy (non-hydrogen) atoms. The first-order chi connectivity index (χ1) is 9.24. The maximum Gasteiger partial charge on any atom is 0.320 e. The van der Waals surface area contributed by atoms with Gasteiger partial charge in [0.25, 0.3) is 0 Å². The Bertz CT molecular complexity index is 400. The Balaban J connectivity index is 1.65. The molecule has 1 aliphatic rings. The predicted molar refractivity (Wildman–Crippen MR) is 74.2 cm³/mol. The summed E-state index contributed by atoms with van der Waals surface area (Å²) in [5.74, 6) is 0.567. The van der Waals surface area contributed by atoms with Crippen LogP contribution < -0.4 is 10.6 Å². The number of rotatable bonds is 4. The standard InChI is InChI=1S/C14H21N3O2/c1-11-5-6-13(16-10-11)17-14(18)15-8-7-12-4-2-3-9-19-12/h5-6,10,12H,2-4,7-9H2,1H3,(H2,15,16,17,18). The Morgan fingerprint density at radius 3 is 3.05 bits per heavy atom. The van der Waals surface area contributed by atoms with Crippen molar-refractivity contribution in [1.82, 2.24) is 10.3 Å². The van der Waals surface area contributed by atoms with Gasteiger partial charge in [0, 0.05) is 19.3 Å². The van der Waals surface area contributed by atoms with Gasteiger partial charge in [-0.15, -0.1) is 0 Å². The van der Waals surface area contributed by atoms with E-state index in [-0.39, 0.29) is 6.03 Å². The molecule has 2 amide bonds. The van der Waals surface area contributed by atoms with Crippen LogP contribution in [0, 0.1) is 6.92 Å². The van der Waals surface area contributed by atoms with Crippen LogP contribution >= 0.6 is 0 Å². The third kappa shape index (κ3) is 4.87. The molecule has 0 saturated carbocycles. The molecule has 104 valence electrons. The first-order valence-corrected chi connectivity index (χ1v) is 6.83. The number of aromatic nitrogens is 1. The third-order valence-electron chi connectivity index (χ3n) is 3.18. The van der Waals surface area contributed by atoms with Crippen LogP contribution in [0.15, 0.2) is 18.3 Å². The second kappa shape index (κ2) is 7.09. The van der Waals surface area contributed by atoms with Crippen molar-refractivity contribution in [2.24, 2.45) is 0 Å². The molecule has 0 aliphatic carbocycles. The van der Waals surface area contributed by atoms with Crippen LogP contribution in [0.5, 0.6) is 0 Å². The first kappa shape index (κ1) is 13.8. The molecule has 5 heteroatoms. The predicted octanol–water partition coefficient (Wildman–Crippen LogP) is 2.47. The number of anilines is 1. The number of hydrogen-bond donors (Lipinski definition) is 2. The average molecular weight is 263 g/mol. The highest BCUT2D eigenvalue weighted by atomic mass is 16.5. The van der Waals surface area contributed by atoms with Crippen LogP contribution in [-0.2, 0) is 4.74 Å². The van der Waals surface area contributed by atoms with Crippen LogP contribution in [0.25, 0.3) is 0 Å². The topological polar surface area (TPSA) is 63.2 Å². The van der Waals surface area contributed by atoms with Gasteiger partial charge in [0.1, 0.15) is 5.82 Å². The maximum absolute atomic E-state index is 11.6. The van der Waals surface area contributed by atoms with Crippen molar-refractivity contribution < 1.29 is 9.53 Å². The monoisotopic (exact) mass is 263 g/mol. The van der Waals surface area contributed by atoms with Crippen molar-refractivity contribution in [2.75, 3.05) is 18.5 Å². The van der Waals surface area contributed by atoms with Crippen molar-refractivity contribution in [3.05, 3.63) is 23.9 Å². The van der Waals surface area contributed by atoms with E-state index in [1.165, 1.54) is 6.42 Å². The summed E-state index contributed by atoms with van der Waals surface area (Å²) < 4.78 is 5.61. The summed E-state index contributed by atoms with van der Waals surface area (Å²) in [4.78, 5) is 15.8. The molecule has 2 heterocycles. The molecular weight excluding hydrogens is 242 g/mol. The summed E-state index contributed by atoms with van der Waals surface area (Å²) in [5, 5.41) is 5.53. The van der Waals surface area contributed by atoms with Gasteiger partial charge in [0.05, 0.1) is 6.10 Å². The Kier molecular flexibility index (Phi) is 5.15. The maximum atomic E-state index is 11.6. The van der Waals surface area contributed by atoms with Crippen LogP contribution in [0.1, 0.15) is 31.2 Å². The van der Waals surface area contributed by atoms with E-state index in [0.29, 0.717) is 18.5 Å². The molecule has 5 nitrogen and oxygen atoms in total. The summed E-state index contributed by atoms with van der Waals surface area (Å²) >= 11 is 0. The number of pyridine rings is 1. The number of amides is 2. The number of carbonyl (C=O) groups is 1. The number of urea groups is 1. The van der Waals surface area contributed by atoms with Gasteiger partial charge in [-0.1, -0.05) is 6.07 Å². The molecular formula is C14H21N3O2. The fourth-order valence-electron chi connectivity index (χ4n) is 2.08. The van der Waals surface area contributed by atoms with E-state index in [0.717, 1.165) is 31.4 Å². The second-order valence-corrected chi connectivity index (χ2v) is 4.88. The van der Waals surface area contributed by atoms with Gasteiger partial charge in [-0.3, -0.25) is 5.32 Å². The summed E-state index contributed by atoms with van der Waals surface area (Å²) in [6.45, 7) is 3.44. The molecule has 1 aromatic rings. The van der Waals surface area contributed by atoms with Gasteiger partial charge in [-0.25, -0.2) is 9.78 Å². The van der Waals surface area contributed by atoms with Crippen molar-refractivity contribution >= 4 is 11.8 Å². The smallest absolute Gasteiger partial charge is 0.320 e. The van der Waals surface area contributed by atoms with Crippen molar-refractivity contribution in [2.45, 2.75) is 38.7 Å². The molecule has 0 spiro atoms. The van der Waals surface area contributed by atoms with E-state index in [4.69, 9.17) is 4.74 Å². The minimum Gasteiger partial charge on any atom is -0.378 e. The molecule has 1 aliphatic heterocycles. The molecule has 0 bridgehead atoms. The lowest BCUT2D eigenvalue weighted by Gasteiger charge is -2.22. The Hall–Kier alpha value is -1.62. The number of nitrogens with zero attached hydrogens (tertiary/aromatic N) is 1. The minimum atomic E-state index is -0.216. The zero-order valence-corrected chi connectivity index (χ0v) is 11.3. The summed E-state index contributed by atoms with van der Waals surface area (Å²) in [5.41, 5.74) is 1.07. The fourth-order valence-corrected chi connectivity index (χ4v) is 2.08. The van der Waals surface area contributed by atoms with Gasteiger partial charge < -0.3 is 10.1 Å². The summed E-state index contributed by atoms with van der Waals surface area (Å²) in [6.07, 6.45) is 6.38. The molecule has 0 aromatic carbocycles. The highest BCUT2D eigenvalue weighted by Gasteiger charge is 2.13. The molecule has 1 saturated heterocycles. The van der Waals surface area contributed by atoms with E-state index in [1.54, 1.807) is 12.3 Å². The number of nitrogens with one attached hydrogen (secondary N) is 2. The first-order valence-electron chi connectivity index (χ1n) is 6.83. The van der Waals surface area contributed by atoms with Crippen LogP contribution in [0.3, 0.4) is 0 Å². The second-order valence-electron chi connectivity index (χ2n) is 4.88. The van der Waals surface area contributed by atoms with Crippen molar-refractivity contribution in [3.63, 3.8) is 0 Å². The van der Waals surface area contributed by atoms with Crippen LogP contribution in [-0.4, -0.2) is 30.3 Å². The minimum absolute atomic E-state index is 0.216. The molecule has 1 unspecified atom stereocenters. The number of carbonyl (C=O) groups excluding carboxylic acids is 1. The largest absolute Gasteiger partial charge is 0.378 e. The van der Waals surface area contributed by atoms with E-state index in [9.17, 15) is 4.79 Å². The van der Waals surface area contributed by atoms with Crippen LogP contribution in [0.4, 0.5) is 10.6 Å². The van der Waals surface area contributed by atoms with Gasteiger partial charge in [-0.05, 0) is 44.2 Å². The third-order valence-corrected chi connectivity index (χ3v) is 3.18. The van der Waals surface area contributed by atoms with E-state index >= 15 is 0 Å². The van der Waals surface area contributed by atoms with Crippen LogP contribution in [0.2, 0.25) is 0 Å². The normalized spacial score (nSPS) is 18.9. The Morgan fingerprint density at radius 1 is 1.47 bits per heavy atom. The zero-order valence-electron chi connectivity index (χ0n) is 11.3. The quantitative estimate of drug-likeness (QED) is 0.877. The lowest BCUT2D eigenvalue weighted by Crippen LogP contribution is -2.32. The number of hydrogen-bond acceptors (Lipinski definition) is 3. The molecule has 0 radical (unpaired) electrons. The summed E-state index contributed by atoms with van der Waals surface area (Å²) in [6, 6.07) is 3.49. The molecule has 1 atom stereocenters. The number of aryl methyl sites for hydroxylation is 1. The molecule has 1 fully saturated rings. The zero-order chi connectivity index (χ0) is 13.5. The van der Waals surface area contributed by atoms with E-state index in [2.05, 4.69) is 15.6 Å². The Labute approximate surface area is 113 Å². The molecule has 2 rings (SSSR count). The van der Waals surface area contributed by atoms with Gasteiger partial charge in [0.2, 0.25) is 0 Å². The van der Waals surface area contributed by atoms with E-state index < -0.39 is 0 Å². The lowest BCUT2D eigenvalue weighted by atomic mass is 10.1. The summed E-state index contributed by atoms with van der Waals surface area (Å²) in [7, 11) is 0. The van der Waals surface area contributed by atoms with Gasteiger partial charge in [0.15, 0.2) is 0 Å². The lowest BCUT2D eigenvalue weighted by molar-refractivity contribution is 0.0120. The van der Waals surface area contributed by atoms with Gasteiger partial charge >= 0.3 is 6.03 Å². The van der Waals surface area contributed by atoms with E-state index in [1.807, 2.05) is 13.0 Å². The highest BCUT2D eigenvalue weighted by Crippen LogP contribution is 2.14. The number of ether oxygens (including phenoxy) is 1. The van der Waals surface area contributed by atoms with Crippen molar-refractivity contribution in [3.8, 4) is 0 Å². The molecule has 2 N–H and O–H groups in total. The highest BCUT2D eigenvalue weighted by molar-refractivity contribution is 5.88. The van der Waals surface area contributed by atoms with Gasteiger partial charge in [-0.2, -0.15) is 0 Å². The average Bonchev–Trinajstić information content (AvgIpc) is 2.43. The Morgan fingerprint density at radius 2 is 2.37 bits per heavy atom.